The first kappa shape index (κ1) is 20.2. The summed E-state index contributed by atoms with van der Waals surface area (Å²) in [6.07, 6.45) is 0. The van der Waals surface area contributed by atoms with Crippen molar-refractivity contribution in [2.75, 3.05) is 14.1 Å². The molecule has 0 radical (unpaired) electrons. The molecular formula is C23H22BrFN2O. The summed E-state index contributed by atoms with van der Waals surface area (Å²) in [7, 11) is 4.09. The second-order valence-electron chi connectivity index (χ2n) is 6.90. The van der Waals surface area contributed by atoms with Crippen molar-refractivity contribution in [3.8, 4) is 11.1 Å². The Morgan fingerprint density at radius 3 is 2.43 bits per heavy atom. The lowest BCUT2D eigenvalue weighted by molar-refractivity contribution is 0.0950. The third-order valence-electron chi connectivity index (χ3n) is 4.40. The fourth-order valence-corrected chi connectivity index (χ4v) is 3.59. The van der Waals surface area contributed by atoms with Crippen LogP contribution in [0.5, 0.6) is 0 Å². The van der Waals surface area contributed by atoms with Gasteiger partial charge < -0.3 is 10.2 Å². The van der Waals surface area contributed by atoms with Crippen LogP contribution in [0.3, 0.4) is 0 Å². The average molecular weight is 441 g/mol. The summed E-state index contributed by atoms with van der Waals surface area (Å²) >= 11 is 3.24. The maximum absolute atomic E-state index is 13.2. The molecule has 28 heavy (non-hydrogen) atoms. The Hall–Kier alpha value is -2.50. The minimum atomic E-state index is -0.383. The number of hydrogen-bond acceptors (Lipinski definition) is 2. The van der Waals surface area contributed by atoms with Crippen LogP contribution in [0.2, 0.25) is 0 Å². The average Bonchev–Trinajstić information content (AvgIpc) is 2.66. The van der Waals surface area contributed by atoms with Crippen molar-refractivity contribution in [3.63, 3.8) is 0 Å². The van der Waals surface area contributed by atoms with Crippen LogP contribution in [0.1, 0.15) is 21.5 Å². The molecule has 0 unspecified atom stereocenters. The zero-order valence-corrected chi connectivity index (χ0v) is 17.5. The van der Waals surface area contributed by atoms with Crippen molar-refractivity contribution in [2.45, 2.75) is 13.1 Å². The molecular weight excluding hydrogens is 419 g/mol. The Balaban J connectivity index is 1.76. The molecule has 144 valence electrons. The zero-order valence-electron chi connectivity index (χ0n) is 15.9. The number of nitrogens with zero attached hydrogens (tertiary/aromatic N) is 1. The molecule has 3 aromatic carbocycles. The lowest BCUT2D eigenvalue weighted by Gasteiger charge is -2.13. The van der Waals surface area contributed by atoms with E-state index in [4.69, 9.17) is 0 Å². The van der Waals surface area contributed by atoms with Crippen molar-refractivity contribution in [3.05, 3.63) is 93.7 Å². The van der Waals surface area contributed by atoms with Crippen LogP contribution in [-0.4, -0.2) is 24.9 Å². The van der Waals surface area contributed by atoms with Gasteiger partial charge in [-0.2, -0.15) is 0 Å². The van der Waals surface area contributed by atoms with Gasteiger partial charge in [-0.3, -0.25) is 4.79 Å². The highest BCUT2D eigenvalue weighted by atomic mass is 79.9. The number of carbonyl (C=O) groups is 1. The van der Waals surface area contributed by atoms with Gasteiger partial charge in [-0.1, -0.05) is 48.5 Å². The lowest BCUT2D eigenvalue weighted by atomic mass is 9.98. The molecule has 0 bridgehead atoms. The maximum atomic E-state index is 13.2. The van der Waals surface area contributed by atoms with Gasteiger partial charge in [0, 0.05) is 17.6 Å². The summed E-state index contributed by atoms with van der Waals surface area (Å²) in [4.78, 5) is 14.6. The molecule has 0 spiro atoms. The predicted octanol–water partition coefficient (Wildman–Crippen LogP) is 5.25. The van der Waals surface area contributed by atoms with Crippen LogP contribution in [0.25, 0.3) is 11.1 Å². The molecule has 1 N–H and O–H groups in total. The number of hydrogen-bond donors (Lipinski definition) is 1. The van der Waals surface area contributed by atoms with Crippen LogP contribution in [0.15, 0.2) is 71.2 Å². The van der Waals surface area contributed by atoms with E-state index in [1.807, 2.05) is 32.3 Å². The summed E-state index contributed by atoms with van der Waals surface area (Å²) in [5.74, 6) is -0.630. The Morgan fingerprint density at radius 2 is 1.75 bits per heavy atom. The molecule has 3 rings (SSSR count). The van der Waals surface area contributed by atoms with Crippen LogP contribution < -0.4 is 5.32 Å². The van der Waals surface area contributed by atoms with Gasteiger partial charge in [0.05, 0.1) is 5.56 Å². The van der Waals surface area contributed by atoms with Gasteiger partial charge in [0.15, 0.2) is 0 Å². The van der Waals surface area contributed by atoms with Crippen molar-refractivity contribution in [2.24, 2.45) is 0 Å². The lowest BCUT2D eigenvalue weighted by Crippen LogP contribution is -2.23. The number of amides is 1. The second-order valence-corrected chi connectivity index (χ2v) is 7.75. The first-order chi connectivity index (χ1) is 13.4. The minimum absolute atomic E-state index is 0.247. The molecule has 0 saturated carbocycles. The fraction of sp³-hybridized carbons (Fsp3) is 0.174. The molecule has 0 aliphatic heterocycles. The van der Waals surface area contributed by atoms with Crippen LogP contribution in [-0.2, 0) is 13.1 Å². The topological polar surface area (TPSA) is 32.3 Å². The van der Waals surface area contributed by atoms with E-state index in [0.29, 0.717) is 16.6 Å². The molecule has 1 amide bonds. The Kier molecular flexibility index (Phi) is 6.60. The summed E-state index contributed by atoms with van der Waals surface area (Å²) in [5, 5.41) is 2.93. The molecule has 0 heterocycles. The third-order valence-corrected chi connectivity index (χ3v) is 5.05. The molecule has 0 aliphatic carbocycles. The van der Waals surface area contributed by atoms with E-state index >= 15 is 0 Å². The van der Waals surface area contributed by atoms with E-state index in [0.717, 1.165) is 23.2 Å². The number of nitrogens with one attached hydrogen (secondary N) is 1. The van der Waals surface area contributed by atoms with Gasteiger partial charge in [0.2, 0.25) is 0 Å². The van der Waals surface area contributed by atoms with Crippen LogP contribution in [0.4, 0.5) is 4.39 Å². The standard InChI is InChI=1S/C23H22BrFN2O/c1-27(2)15-16-7-9-17(10-8-16)20-6-4-3-5-18(20)14-26-23(28)21-12-11-19(25)13-22(21)24/h3-13H,14-15H2,1-2H3,(H,26,28). The third kappa shape index (κ3) is 5.06. The highest BCUT2D eigenvalue weighted by molar-refractivity contribution is 9.10. The maximum Gasteiger partial charge on any atom is 0.252 e. The van der Waals surface area contributed by atoms with E-state index in [9.17, 15) is 9.18 Å². The number of carbonyl (C=O) groups excluding carboxylic acids is 1. The van der Waals surface area contributed by atoms with E-state index in [2.05, 4.69) is 56.5 Å². The Bertz CT molecular complexity index is 971. The monoisotopic (exact) mass is 440 g/mol. The normalized spacial score (nSPS) is 10.9. The van der Waals surface area contributed by atoms with Gasteiger partial charge in [0.1, 0.15) is 5.82 Å². The summed E-state index contributed by atoms with van der Waals surface area (Å²) in [5.41, 5.74) is 4.87. The Labute approximate surface area is 173 Å². The molecule has 0 atom stereocenters. The summed E-state index contributed by atoms with van der Waals surface area (Å²) in [6.45, 7) is 1.28. The fourth-order valence-electron chi connectivity index (χ4n) is 3.06. The van der Waals surface area contributed by atoms with E-state index in [1.165, 1.54) is 23.8 Å². The largest absolute Gasteiger partial charge is 0.348 e. The van der Waals surface area contributed by atoms with Gasteiger partial charge in [-0.15, -0.1) is 0 Å². The van der Waals surface area contributed by atoms with Gasteiger partial charge in [-0.05, 0) is 70.5 Å². The quantitative estimate of drug-likeness (QED) is 0.567. The molecule has 0 fully saturated rings. The highest BCUT2D eigenvalue weighted by Gasteiger charge is 2.12. The van der Waals surface area contributed by atoms with Crippen molar-refractivity contribution in [1.29, 1.82) is 0 Å². The van der Waals surface area contributed by atoms with Crippen molar-refractivity contribution < 1.29 is 9.18 Å². The molecule has 3 aromatic rings. The SMILES string of the molecule is CN(C)Cc1ccc(-c2ccccc2CNC(=O)c2ccc(F)cc2Br)cc1. The molecule has 0 aromatic heterocycles. The van der Waals surface area contributed by atoms with Crippen LogP contribution in [0, 0.1) is 5.82 Å². The predicted molar refractivity (Wildman–Crippen MR) is 115 cm³/mol. The number of rotatable bonds is 6. The van der Waals surface area contributed by atoms with E-state index < -0.39 is 0 Å². The zero-order chi connectivity index (χ0) is 20.1. The van der Waals surface area contributed by atoms with E-state index in [-0.39, 0.29) is 11.7 Å². The van der Waals surface area contributed by atoms with Crippen LogP contribution >= 0.6 is 15.9 Å². The van der Waals surface area contributed by atoms with Gasteiger partial charge >= 0.3 is 0 Å². The van der Waals surface area contributed by atoms with Crippen molar-refractivity contribution >= 4 is 21.8 Å². The minimum Gasteiger partial charge on any atom is -0.348 e. The van der Waals surface area contributed by atoms with Gasteiger partial charge in [0.25, 0.3) is 5.91 Å². The highest BCUT2D eigenvalue weighted by Crippen LogP contribution is 2.25. The smallest absolute Gasteiger partial charge is 0.252 e. The van der Waals surface area contributed by atoms with E-state index in [1.54, 1.807) is 0 Å². The number of benzene rings is 3. The molecule has 0 saturated heterocycles. The van der Waals surface area contributed by atoms with Gasteiger partial charge in [-0.25, -0.2) is 4.39 Å². The molecule has 3 nitrogen and oxygen atoms in total. The molecule has 5 heteroatoms. The second kappa shape index (κ2) is 9.13. The summed E-state index contributed by atoms with van der Waals surface area (Å²) in [6, 6.07) is 20.5. The van der Waals surface area contributed by atoms with Crippen molar-refractivity contribution in [1.82, 2.24) is 10.2 Å². The summed E-state index contributed by atoms with van der Waals surface area (Å²) < 4.78 is 13.7. The number of halogens is 2. The molecule has 0 aliphatic rings. The first-order valence-corrected chi connectivity index (χ1v) is 9.78. The Morgan fingerprint density at radius 1 is 1.04 bits per heavy atom. The first-order valence-electron chi connectivity index (χ1n) is 8.99.